The van der Waals surface area contributed by atoms with Crippen LogP contribution in [-0.2, 0) is 4.79 Å². The summed E-state index contributed by atoms with van der Waals surface area (Å²) in [4.78, 5) is 10.5. The second-order valence-electron chi connectivity index (χ2n) is 4.75. The van der Waals surface area contributed by atoms with Gasteiger partial charge in [-0.25, -0.2) is 4.79 Å². The van der Waals surface area contributed by atoms with Gasteiger partial charge in [0.1, 0.15) is 5.71 Å². The van der Waals surface area contributed by atoms with Crippen LogP contribution in [0.5, 0.6) is 0 Å². The number of carboxylic acid groups (broad SMARTS) is 1. The monoisotopic (exact) mass is 238 g/mol. The van der Waals surface area contributed by atoms with E-state index in [9.17, 15) is 4.79 Å². The molecule has 1 aliphatic carbocycles. The Bertz CT molecular complexity index is 315. The van der Waals surface area contributed by atoms with Crippen molar-refractivity contribution < 1.29 is 9.90 Å². The molecule has 0 bridgehead atoms. The molecule has 0 radical (unpaired) electrons. The van der Waals surface area contributed by atoms with Crippen LogP contribution in [0.1, 0.15) is 46.0 Å². The molecule has 0 amide bonds. The third kappa shape index (κ3) is 5.52. The summed E-state index contributed by atoms with van der Waals surface area (Å²) in [5, 5.41) is 12.4. The first-order valence-corrected chi connectivity index (χ1v) is 6.27. The number of rotatable bonds is 5. The topological polar surface area (TPSA) is 61.7 Å². The van der Waals surface area contributed by atoms with Crippen LogP contribution in [0, 0.1) is 5.92 Å². The third-order valence-corrected chi connectivity index (χ3v) is 3.08. The van der Waals surface area contributed by atoms with Gasteiger partial charge in [-0.05, 0) is 32.6 Å². The van der Waals surface area contributed by atoms with Crippen LogP contribution in [0.15, 0.2) is 16.8 Å². The van der Waals surface area contributed by atoms with Crippen molar-refractivity contribution in [3.05, 3.63) is 11.6 Å². The molecule has 0 spiro atoms. The summed E-state index contributed by atoms with van der Waals surface area (Å²) in [6.07, 6.45) is 8.90. The molecule has 0 atom stereocenters. The summed E-state index contributed by atoms with van der Waals surface area (Å²) < 4.78 is 0. The molecule has 1 saturated carbocycles. The second kappa shape index (κ2) is 7.09. The van der Waals surface area contributed by atoms with Crippen molar-refractivity contribution in [3.63, 3.8) is 0 Å². The highest BCUT2D eigenvalue weighted by molar-refractivity contribution is 6.34. The molecule has 4 heteroatoms. The maximum absolute atomic E-state index is 10.5. The quantitative estimate of drug-likeness (QED) is 0.439. The van der Waals surface area contributed by atoms with E-state index in [1.807, 2.05) is 0 Å². The van der Waals surface area contributed by atoms with Crippen LogP contribution in [0.2, 0.25) is 0 Å². The molecular formula is C13H22N2O2. The second-order valence-corrected chi connectivity index (χ2v) is 4.75. The van der Waals surface area contributed by atoms with Crippen molar-refractivity contribution in [2.45, 2.75) is 46.0 Å². The Morgan fingerprint density at radius 1 is 1.35 bits per heavy atom. The Balaban J connectivity index is 2.33. The van der Waals surface area contributed by atoms with Crippen LogP contribution >= 0.6 is 0 Å². The number of hydrogen-bond acceptors (Lipinski definition) is 3. The van der Waals surface area contributed by atoms with Crippen LogP contribution in [0.3, 0.4) is 0 Å². The summed E-state index contributed by atoms with van der Waals surface area (Å²) in [5.41, 5.74) is 4.12. The molecule has 0 aliphatic heterocycles. The van der Waals surface area contributed by atoms with Crippen molar-refractivity contribution in [3.8, 4) is 0 Å². The number of hydrogen-bond donors (Lipinski definition) is 2. The van der Waals surface area contributed by atoms with E-state index in [-0.39, 0.29) is 5.71 Å². The zero-order valence-corrected chi connectivity index (χ0v) is 10.7. The third-order valence-electron chi connectivity index (χ3n) is 3.08. The van der Waals surface area contributed by atoms with Gasteiger partial charge < -0.3 is 10.5 Å². The number of allylic oxidation sites excluding steroid dienone is 1. The van der Waals surface area contributed by atoms with E-state index in [4.69, 9.17) is 5.11 Å². The molecule has 1 fully saturated rings. The molecular weight excluding hydrogens is 216 g/mol. The molecule has 0 aromatic heterocycles. The van der Waals surface area contributed by atoms with Crippen LogP contribution in [0.25, 0.3) is 0 Å². The number of aliphatic carboxylic acids is 1. The highest BCUT2D eigenvalue weighted by atomic mass is 16.4. The van der Waals surface area contributed by atoms with Gasteiger partial charge in [0.25, 0.3) is 0 Å². The Morgan fingerprint density at radius 3 is 2.59 bits per heavy atom. The largest absolute Gasteiger partial charge is 0.477 e. The molecule has 1 aliphatic rings. The molecule has 17 heavy (non-hydrogen) atoms. The van der Waals surface area contributed by atoms with Gasteiger partial charge in [0.05, 0.1) is 6.54 Å². The fourth-order valence-electron chi connectivity index (χ4n) is 2.09. The maximum atomic E-state index is 10.5. The van der Waals surface area contributed by atoms with Gasteiger partial charge in [-0.3, -0.25) is 0 Å². The van der Waals surface area contributed by atoms with E-state index >= 15 is 0 Å². The molecule has 0 saturated heterocycles. The summed E-state index contributed by atoms with van der Waals surface area (Å²) in [6.45, 7) is 4.17. The fraction of sp³-hybridized carbons (Fsp3) is 0.692. The summed E-state index contributed by atoms with van der Waals surface area (Å²) >= 11 is 0. The van der Waals surface area contributed by atoms with Crippen LogP contribution < -0.4 is 5.43 Å². The smallest absolute Gasteiger partial charge is 0.351 e. The predicted octanol–water partition coefficient (Wildman–Crippen LogP) is 2.56. The fourth-order valence-corrected chi connectivity index (χ4v) is 2.09. The Morgan fingerprint density at radius 2 is 2.00 bits per heavy atom. The molecule has 1 rings (SSSR count). The van der Waals surface area contributed by atoms with Crippen LogP contribution in [0.4, 0.5) is 0 Å². The Hall–Kier alpha value is -1.32. The van der Waals surface area contributed by atoms with Gasteiger partial charge >= 0.3 is 5.97 Å². The van der Waals surface area contributed by atoms with E-state index in [1.165, 1.54) is 44.6 Å². The lowest BCUT2D eigenvalue weighted by Crippen LogP contribution is -2.17. The summed E-state index contributed by atoms with van der Waals surface area (Å²) in [7, 11) is 0. The van der Waals surface area contributed by atoms with E-state index in [2.05, 4.69) is 23.5 Å². The number of carbonyl (C=O) groups is 1. The first-order chi connectivity index (χ1) is 8.09. The van der Waals surface area contributed by atoms with E-state index in [0.29, 0.717) is 12.5 Å². The molecule has 0 unspecified atom stereocenters. The van der Waals surface area contributed by atoms with E-state index in [0.717, 1.165) is 0 Å². The van der Waals surface area contributed by atoms with Gasteiger partial charge in [-0.2, -0.15) is 5.10 Å². The van der Waals surface area contributed by atoms with Crippen LogP contribution in [-0.4, -0.2) is 23.3 Å². The molecule has 4 nitrogen and oxygen atoms in total. The minimum absolute atomic E-state index is 0.0930. The van der Waals surface area contributed by atoms with E-state index < -0.39 is 5.97 Å². The number of nitrogens with zero attached hydrogens (tertiary/aromatic N) is 1. The SMILES string of the molecule is CC(=CC1CCCCC1)CNN=C(C)C(=O)O. The van der Waals surface area contributed by atoms with Gasteiger partial charge in [0.2, 0.25) is 0 Å². The van der Waals surface area contributed by atoms with Crippen molar-refractivity contribution in [2.75, 3.05) is 6.54 Å². The lowest BCUT2D eigenvalue weighted by atomic mass is 9.88. The van der Waals surface area contributed by atoms with Crippen molar-refractivity contribution in [2.24, 2.45) is 11.0 Å². The standard InChI is InChI=1S/C13H22N2O2/c1-10(8-12-6-4-3-5-7-12)9-14-15-11(2)13(16)17/h8,12,14H,3-7,9H2,1-2H3,(H,16,17). The first-order valence-electron chi connectivity index (χ1n) is 6.27. The number of nitrogens with one attached hydrogen (secondary N) is 1. The van der Waals surface area contributed by atoms with Crippen molar-refractivity contribution >= 4 is 11.7 Å². The maximum Gasteiger partial charge on any atom is 0.351 e. The van der Waals surface area contributed by atoms with Crippen molar-refractivity contribution in [1.29, 1.82) is 0 Å². The molecule has 0 aromatic rings. The molecule has 96 valence electrons. The molecule has 2 N–H and O–H groups in total. The predicted molar refractivity (Wildman–Crippen MR) is 69.1 cm³/mol. The number of carboxylic acids is 1. The average molecular weight is 238 g/mol. The van der Waals surface area contributed by atoms with Gasteiger partial charge in [0.15, 0.2) is 0 Å². The zero-order chi connectivity index (χ0) is 12.7. The summed E-state index contributed by atoms with van der Waals surface area (Å²) in [5.74, 6) is -0.276. The Kier molecular flexibility index (Phi) is 5.73. The molecule has 0 aromatic carbocycles. The highest BCUT2D eigenvalue weighted by Gasteiger charge is 2.10. The molecule has 0 heterocycles. The van der Waals surface area contributed by atoms with Gasteiger partial charge in [0, 0.05) is 0 Å². The van der Waals surface area contributed by atoms with Gasteiger partial charge in [-0.1, -0.05) is 30.9 Å². The zero-order valence-electron chi connectivity index (χ0n) is 10.7. The average Bonchev–Trinajstić information content (AvgIpc) is 2.30. The minimum Gasteiger partial charge on any atom is -0.477 e. The highest BCUT2D eigenvalue weighted by Crippen LogP contribution is 2.25. The normalized spacial score (nSPS) is 19.2. The van der Waals surface area contributed by atoms with Gasteiger partial charge in [-0.15, -0.1) is 0 Å². The van der Waals surface area contributed by atoms with Crippen molar-refractivity contribution in [1.82, 2.24) is 5.43 Å². The lowest BCUT2D eigenvalue weighted by molar-refractivity contribution is -0.129. The first kappa shape index (κ1) is 13.7. The number of hydrazone groups is 1. The minimum atomic E-state index is -0.980. The van der Waals surface area contributed by atoms with E-state index in [1.54, 1.807) is 0 Å². The lowest BCUT2D eigenvalue weighted by Gasteiger charge is -2.19. The summed E-state index contributed by atoms with van der Waals surface area (Å²) in [6, 6.07) is 0. The Labute approximate surface area is 103 Å².